The Morgan fingerprint density at radius 2 is 1.09 bits per heavy atom. The average Bonchev–Trinajstić information content (AvgIpc) is 3.54. The van der Waals surface area contributed by atoms with Crippen molar-refractivity contribution in [2.24, 2.45) is 0 Å². The van der Waals surface area contributed by atoms with Crippen molar-refractivity contribution in [3.8, 4) is 56.8 Å². The molecule has 0 aliphatic carbocycles. The van der Waals surface area contributed by atoms with Gasteiger partial charge in [0.2, 0.25) is 0 Å². The fraction of sp³-hybridized carbons (Fsp3) is 0. The van der Waals surface area contributed by atoms with Gasteiger partial charge in [-0.3, -0.25) is 19.9 Å². The fourth-order valence-electron chi connectivity index (χ4n) is 4.98. The highest BCUT2D eigenvalue weighted by atomic mass is 15.2. The Labute approximate surface area is 245 Å². The lowest BCUT2D eigenvalue weighted by Crippen LogP contribution is -2.01. The molecule has 0 aliphatic rings. The Hall–Kier alpha value is -6.22. The summed E-state index contributed by atoms with van der Waals surface area (Å²) < 4.78 is 1.92. The predicted octanol–water partition coefficient (Wildman–Crippen LogP) is 6.59. The molecule has 7 heterocycles. The van der Waals surface area contributed by atoms with Crippen LogP contribution < -0.4 is 0 Å². The molecule has 7 aromatic heterocycles. The van der Waals surface area contributed by atoms with E-state index in [1.807, 2.05) is 83.4 Å². The molecule has 8 aromatic rings. The first kappa shape index (κ1) is 24.6. The van der Waals surface area contributed by atoms with Crippen molar-refractivity contribution in [1.29, 1.82) is 0 Å². The van der Waals surface area contributed by atoms with Crippen LogP contribution in [0, 0.1) is 0 Å². The lowest BCUT2D eigenvalue weighted by molar-refractivity contribution is 0.983. The van der Waals surface area contributed by atoms with Crippen LogP contribution in [0.3, 0.4) is 0 Å². The van der Waals surface area contributed by atoms with Crippen LogP contribution in [0.15, 0.2) is 128 Å². The molecule has 9 nitrogen and oxygen atoms in total. The number of hydrogen-bond acceptors (Lipinski definition) is 8. The zero-order valence-corrected chi connectivity index (χ0v) is 22.6. The molecule has 0 amide bonds. The Morgan fingerprint density at radius 1 is 0.465 bits per heavy atom. The minimum Gasteiger partial charge on any atom is -0.264 e. The molecule has 0 atom stereocenters. The molecular weight excluding hydrogens is 534 g/mol. The second kappa shape index (κ2) is 10.3. The van der Waals surface area contributed by atoms with Crippen molar-refractivity contribution < 1.29 is 0 Å². The molecule has 0 saturated heterocycles. The van der Waals surface area contributed by atoms with Crippen LogP contribution >= 0.6 is 0 Å². The summed E-state index contributed by atoms with van der Waals surface area (Å²) in [6.07, 6.45) is 10.6. The summed E-state index contributed by atoms with van der Waals surface area (Å²) in [5.41, 5.74) is 7.60. The third-order valence-electron chi connectivity index (χ3n) is 7.16. The van der Waals surface area contributed by atoms with Gasteiger partial charge in [0.1, 0.15) is 5.69 Å². The Morgan fingerprint density at radius 3 is 1.67 bits per heavy atom. The van der Waals surface area contributed by atoms with Gasteiger partial charge in [0, 0.05) is 64.8 Å². The molecule has 202 valence electrons. The first-order chi connectivity index (χ1) is 21.3. The Bertz CT molecular complexity index is 2110. The van der Waals surface area contributed by atoms with Gasteiger partial charge in [-0.1, -0.05) is 24.3 Å². The van der Waals surface area contributed by atoms with E-state index in [1.54, 1.807) is 37.2 Å². The quantitative estimate of drug-likeness (QED) is 0.234. The zero-order valence-electron chi connectivity index (χ0n) is 22.6. The topological polar surface area (TPSA) is 108 Å². The second-order valence-electron chi connectivity index (χ2n) is 9.91. The Kier molecular flexibility index (Phi) is 5.89. The third-order valence-corrected chi connectivity index (χ3v) is 7.16. The van der Waals surface area contributed by atoms with Gasteiger partial charge in [-0.25, -0.2) is 19.5 Å². The molecular formula is C34H21N9. The molecule has 8 rings (SSSR count). The van der Waals surface area contributed by atoms with Gasteiger partial charge in [-0.2, -0.15) is 5.10 Å². The summed E-state index contributed by atoms with van der Waals surface area (Å²) >= 11 is 0. The van der Waals surface area contributed by atoms with Crippen LogP contribution in [0.4, 0.5) is 0 Å². The molecule has 0 saturated carbocycles. The maximum atomic E-state index is 4.91. The highest BCUT2D eigenvalue weighted by Crippen LogP contribution is 2.27. The highest BCUT2D eigenvalue weighted by Gasteiger charge is 2.16. The lowest BCUT2D eigenvalue weighted by Gasteiger charge is -2.08. The van der Waals surface area contributed by atoms with E-state index in [2.05, 4.69) is 32.1 Å². The molecule has 0 radical (unpaired) electrons. The standard InChI is InChI=1S/C34H21N9/c1-2-8-31-22(5-1)9-12-27-17-30(42-43(27)31)34-40-32(25-10-13-28(37-20-25)23-6-3-15-35-18-23)39-33(41-34)26-11-14-29(38-21-26)24-7-4-16-36-19-24/h1-21H. The summed E-state index contributed by atoms with van der Waals surface area (Å²) in [5.74, 6) is 1.44. The van der Waals surface area contributed by atoms with Crippen LogP contribution in [0.25, 0.3) is 73.2 Å². The number of rotatable bonds is 5. The van der Waals surface area contributed by atoms with Crippen LogP contribution in [0.2, 0.25) is 0 Å². The number of benzene rings is 1. The normalized spacial score (nSPS) is 11.3. The maximum absolute atomic E-state index is 4.91. The van der Waals surface area contributed by atoms with E-state index >= 15 is 0 Å². The van der Waals surface area contributed by atoms with Gasteiger partial charge >= 0.3 is 0 Å². The lowest BCUT2D eigenvalue weighted by atomic mass is 10.1. The van der Waals surface area contributed by atoms with Crippen molar-refractivity contribution in [2.45, 2.75) is 0 Å². The molecule has 9 heteroatoms. The number of hydrogen-bond donors (Lipinski definition) is 0. The number of nitrogens with zero attached hydrogens (tertiary/aromatic N) is 9. The monoisotopic (exact) mass is 555 g/mol. The summed E-state index contributed by atoms with van der Waals surface area (Å²) in [7, 11) is 0. The smallest absolute Gasteiger partial charge is 0.184 e. The van der Waals surface area contributed by atoms with Gasteiger partial charge in [0.15, 0.2) is 17.5 Å². The van der Waals surface area contributed by atoms with E-state index < -0.39 is 0 Å². The summed E-state index contributed by atoms with van der Waals surface area (Å²) in [6, 6.07) is 29.8. The number of fused-ring (bicyclic) bond motifs is 3. The predicted molar refractivity (Wildman–Crippen MR) is 164 cm³/mol. The van der Waals surface area contributed by atoms with E-state index in [9.17, 15) is 0 Å². The van der Waals surface area contributed by atoms with Crippen molar-refractivity contribution in [2.75, 3.05) is 0 Å². The number of para-hydroxylation sites is 1. The first-order valence-electron chi connectivity index (χ1n) is 13.7. The van der Waals surface area contributed by atoms with Crippen LogP contribution in [-0.2, 0) is 0 Å². The van der Waals surface area contributed by atoms with Crippen molar-refractivity contribution in [3.63, 3.8) is 0 Å². The second-order valence-corrected chi connectivity index (χ2v) is 9.91. The molecule has 0 N–H and O–H groups in total. The maximum Gasteiger partial charge on any atom is 0.184 e. The highest BCUT2D eigenvalue weighted by molar-refractivity contribution is 5.83. The van der Waals surface area contributed by atoms with Crippen LogP contribution in [-0.4, -0.2) is 44.5 Å². The van der Waals surface area contributed by atoms with Crippen molar-refractivity contribution in [3.05, 3.63) is 128 Å². The molecule has 0 fully saturated rings. The van der Waals surface area contributed by atoms with Gasteiger partial charge in [-0.15, -0.1) is 0 Å². The fourth-order valence-corrected chi connectivity index (χ4v) is 4.98. The molecule has 1 aromatic carbocycles. The van der Waals surface area contributed by atoms with Gasteiger partial charge in [0.25, 0.3) is 0 Å². The number of aromatic nitrogens is 9. The van der Waals surface area contributed by atoms with E-state index in [0.29, 0.717) is 23.2 Å². The van der Waals surface area contributed by atoms with E-state index in [-0.39, 0.29) is 0 Å². The van der Waals surface area contributed by atoms with Gasteiger partial charge < -0.3 is 0 Å². The van der Waals surface area contributed by atoms with E-state index in [4.69, 9.17) is 20.1 Å². The van der Waals surface area contributed by atoms with Gasteiger partial charge in [0.05, 0.1) is 22.4 Å². The zero-order chi connectivity index (χ0) is 28.6. The molecule has 43 heavy (non-hydrogen) atoms. The summed E-state index contributed by atoms with van der Waals surface area (Å²) in [6.45, 7) is 0. The van der Waals surface area contributed by atoms with Crippen LogP contribution in [0.5, 0.6) is 0 Å². The molecule has 0 spiro atoms. The Balaban J connectivity index is 1.25. The number of pyridine rings is 5. The first-order valence-corrected chi connectivity index (χ1v) is 13.7. The van der Waals surface area contributed by atoms with E-state index in [1.165, 1.54) is 0 Å². The molecule has 0 aliphatic heterocycles. The minimum absolute atomic E-state index is 0.459. The van der Waals surface area contributed by atoms with Gasteiger partial charge in [-0.05, 0) is 66.7 Å². The van der Waals surface area contributed by atoms with Crippen molar-refractivity contribution in [1.82, 2.24) is 44.5 Å². The third kappa shape index (κ3) is 4.64. The SMILES string of the molecule is c1cncc(-c2ccc(-c3nc(-c4ccc(-c5cccnc5)nc4)nc(-c4cc5ccc6ccccc6n5n4)n3)cn2)c1. The largest absolute Gasteiger partial charge is 0.264 e. The van der Waals surface area contributed by atoms with Crippen molar-refractivity contribution >= 4 is 16.4 Å². The summed E-state index contributed by atoms with van der Waals surface area (Å²) in [5, 5.41) is 6.01. The molecule has 0 bridgehead atoms. The minimum atomic E-state index is 0.459. The molecule has 0 unspecified atom stereocenters. The van der Waals surface area contributed by atoms with Crippen LogP contribution in [0.1, 0.15) is 0 Å². The summed E-state index contributed by atoms with van der Waals surface area (Å²) in [4.78, 5) is 32.3. The average molecular weight is 556 g/mol. The van der Waals surface area contributed by atoms with E-state index in [0.717, 1.165) is 50.1 Å².